The molecule has 0 N–H and O–H groups in total. The van der Waals surface area contributed by atoms with Crippen LogP contribution in [0.3, 0.4) is 0 Å². The zero-order chi connectivity index (χ0) is 55.8. The highest BCUT2D eigenvalue weighted by atomic mass is 14.4. The summed E-state index contributed by atoms with van der Waals surface area (Å²) >= 11 is 0. The van der Waals surface area contributed by atoms with E-state index in [0.29, 0.717) is 0 Å². The third-order valence-electron chi connectivity index (χ3n) is 18.0. The van der Waals surface area contributed by atoms with Gasteiger partial charge in [0.1, 0.15) is 0 Å². The summed E-state index contributed by atoms with van der Waals surface area (Å²) in [5, 5.41) is 0. The van der Waals surface area contributed by atoms with Crippen molar-refractivity contribution in [3.63, 3.8) is 0 Å². The maximum atomic E-state index is 2.52. The first kappa shape index (κ1) is 76.2. The number of rotatable bonds is 2. The average Bonchev–Trinajstić information content (AvgIpc) is 4.37. The van der Waals surface area contributed by atoms with Gasteiger partial charge in [0.15, 0.2) is 0 Å². The fourth-order valence-electron chi connectivity index (χ4n) is 14.5. The van der Waals surface area contributed by atoms with Crippen LogP contribution >= 0.6 is 0 Å². The minimum Gasteiger partial charge on any atom is -0.0882 e. The van der Waals surface area contributed by atoms with Gasteiger partial charge in [-0.2, -0.15) is 0 Å². The van der Waals surface area contributed by atoms with Crippen molar-refractivity contribution in [3.05, 3.63) is 48.6 Å². The lowest BCUT2D eigenvalue weighted by atomic mass is 9.71. The lowest BCUT2D eigenvalue weighted by Gasteiger charge is -2.35. The van der Waals surface area contributed by atoms with Crippen LogP contribution < -0.4 is 0 Å². The summed E-state index contributed by atoms with van der Waals surface area (Å²) in [5.74, 6) is 15.6. The van der Waals surface area contributed by atoms with E-state index in [4.69, 9.17) is 0 Å². The highest BCUT2D eigenvalue weighted by molar-refractivity contribution is 5.07. The van der Waals surface area contributed by atoms with E-state index in [0.717, 1.165) is 76.9 Å². The van der Waals surface area contributed by atoms with Crippen LogP contribution in [-0.2, 0) is 0 Å². The van der Waals surface area contributed by atoms with Gasteiger partial charge in [-0.15, -0.1) is 0 Å². The van der Waals surface area contributed by atoms with Crippen LogP contribution in [0.2, 0.25) is 0 Å². The van der Waals surface area contributed by atoms with Crippen LogP contribution in [-0.4, -0.2) is 0 Å². The van der Waals surface area contributed by atoms with Crippen molar-refractivity contribution in [3.8, 4) is 0 Å². The van der Waals surface area contributed by atoms with Crippen molar-refractivity contribution in [2.45, 2.75) is 332 Å². The summed E-state index contributed by atoms with van der Waals surface area (Å²) < 4.78 is 0. The van der Waals surface area contributed by atoms with E-state index in [2.05, 4.69) is 69.4 Å². The van der Waals surface area contributed by atoms with Gasteiger partial charge in [-0.25, -0.2) is 0 Å². The van der Waals surface area contributed by atoms with Crippen LogP contribution in [0.1, 0.15) is 332 Å². The Labute approximate surface area is 466 Å². The Kier molecular flexibility index (Phi) is 55.3. The number of allylic oxidation sites excluding steroid dienone is 8. The lowest BCUT2D eigenvalue weighted by molar-refractivity contribution is 0.229. The van der Waals surface area contributed by atoms with E-state index < -0.39 is 0 Å². The summed E-state index contributed by atoms with van der Waals surface area (Å²) in [6, 6.07) is 0. The van der Waals surface area contributed by atoms with Crippen LogP contribution in [0.25, 0.3) is 0 Å². The molecule has 0 heterocycles. The Morgan fingerprint density at radius 2 is 0.644 bits per heavy atom. The minimum atomic E-state index is 0.907. The Balaban J connectivity index is -0.000000762. The maximum absolute atomic E-state index is 2.52. The standard InChI is InChI=1S/C12H20.C11H18.C9H16.C9H14.C7H12.C7H10.9C2H6/c1-2-10-7-8-11-5-3-4-6-12(11)9-10;1-2-9-6-7-10-4-3-5-11(10)8-9;1-7-5-8-3-2-4-9(8)6-7;1-2-5-9-7-3-6-8(9)4-1;2*1-2-7-4-3-6(1)5-7;9*1-2/h7-8,10-12H,2-6,9H2,1H3;6-7,9-11H,2-5,8H2,1H3;7-9H,2-6H2,1H3;1,4,8-9H,2-3,5-7H2;6-7H,1-5H2;1-2,6-7H,3-5H2;9*1-2H3. The van der Waals surface area contributed by atoms with Gasteiger partial charge in [0.25, 0.3) is 0 Å². The molecule has 12 aliphatic carbocycles. The molecule has 0 aromatic carbocycles. The second kappa shape index (κ2) is 53.0. The van der Waals surface area contributed by atoms with E-state index >= 15 is 0 Å². The Hall–Kier alpha value is -1.04. The van der Waals surface area contributed by atoms with Crippen LogP contribution in [0.15, 0.2) is 48.6 Å². The highest BCUT2D eigenvalue weighted by Gasteiger charge is 2.35. The largest absolute Gasteiger partial charge is 0.0882 e. The minimum absolute atomic E-state index is 0.907. The topological polar surface area (TPSA) is 0 Å². The first-order valence-electron chi connectivity index (χ1n) is 34.7. The second-order valence-corrected chi connectivity index (χ2v) is 21.9. The highest BCUT2D eigenvalue weighted by Crippen LogP contribution is 2.47. The summed E-state index contributed by atoms with van der Waals surface area (Å²) in [6.45, 7) is 43.0. The fraction of sp³-hybridized carbons (Fsp3) is 0.890. The zero-order valence-electron chi connectivity index (χ0n) is 54.8. The first-order chi connectivity index (χ1) is 36.0. The molecule has 12 unspecified atom stereocenters. The van der Waals surface area contributed by atoms with E-state index in [1.54, 1.807) is 57.8 Å². The first-order valence-corrected chi connectivity index (χ1v) is 34.7. The van der Waals surface area contributed by atoms with Crippen LogP contribution in [0.5, 0.6) is 0 Å². The summed E-state index contributed by atoms with van der Waals surface area (Å²) in [7, 11) is 0. The van der Waals surface area contributed by atoms with Gasteiger partial charge in [0.2, 0.25) is 0 Å². The monoisotopic (exact) mass is 1020 g/mol. The molecule has 436 valence electrons. The van der Waals surface area contributed by atoms with Crippen molar-refractivity contribution < 1.29 is 0 Å². The predicted molar refractivity (Wildman–Crippen MR) is 342 cm³/mol. The Bertz CT molecular complexity index is 1170. The van der Waals surface area contributed by atoms with Crippen LogP contribution in [0.4, 0.5) is 0 Å². The Morgan fingerprint density at radius 1 is 0.288 bits per heavy atom. The summed E-state index contributed by atoms with van der Waals surface area (Å²) in [5.41, 5.74) is 0. The average molecular weight is 1020 g/mol. The molecule has 73 heavy (non-hydrogen) atoms. The lowest BCUT2D eigenvalue weighted by Crippen LogP contribution is -2.23. The van der Waals surface area contributed by atoms with Gasteiger partial charge in [0.05, 0.1) is 0 Å². The van der Waals surface area contributed by atoms with E-state index in [-0.39, 0.29) is 0 Å². The number of hydrogen-bond donors (Lipinski definition) is 0. The van der Waals surface area contributed by atoms with Gasteiger partial charge < -0.3 is 0 Å². The molecule has 0 nitrogen and oxygen atoms in total. The van der Waals surface area contributed by atoms with Crippen molar-refractivity contribution in [2.24, 2.45) is 88.8 Å². The smallest absolute Gasteiger partial charge is 0.0205 e. The van der Waals surface area contributed by atoms with E-state index in [9.17, 15) is 0 Å². The van der Waals surface area contributed by atoms with E-state index in [1.165, 1.54) is 140 Å². The molecular formula is C73H144. The summed E-state index contributed by atoms with van der Waals surface area (Å²) in [6.07, 6.45) is 62.9. The molecular weight excluding hydrogens is 877 g/mol. The quantitative estimate of drug-likeness (QED) is 0.242. The maximum Gasteiger partial charge on any atom is -0.0205 e. The molecule has 0 heteroatoms. The van der Waals surface area contributed by atoms with Gasteiger partial charge in [-0.1, -0.05) is 265 Å². The number of fused-ring (bicyclic) bond motifs is 8. The van der Waals surface area contributed by atoms with Crippen LogP contribution in [0, 0.1) is 88.8 Å². The third-order valence-corrected chi connectivity index (χ3v) is 18.0. The van der Waals surface area contributed by atoms with E-state index in [1.807, 2.05) is 125 Å². The van der Waals surface area contributed by atoms with Crippen molar-refractivity contribution in [1.29, 1.82) is 0 Å². The van der Waals surface area contributed by atoms with Crippen molar-refractivity contribution in [2.75, 3.05) is 0 Å². The number of hydrogen-bond acceptors (Lipinski definition) is 0. The van der Waals surface area contributed by atoms with Gasteiger partial charge >= 0.3 is 0 Å². The molecule has 0 spiro atoms. The molecule has 0 radical (unpaired) electrons. The molecule has 8 fully saturated rings. The predicted octanol–water partition coefficient (Wildman–Crippen LogP) is 26.2. The van der Waals surface area contributed by atoms with Crippen molar-refractivity contribution >= 4 is 0 Å². The molecule has 0 saturated heterocycles. The second-order valence-electron chi connectivity index (χ2n) is 21.9. The molecule has 0 amide bonds. The molecule has 0 aromatic rings. The molecule has 12 rings (SSSR count). The normalized spacial score (nSPS) is 34.0. The fourth-order valence-corrected chi connectivity index (χ4v) is 14.5. The zero-order valence-corrected chi connectivity index (χ0v) is 54.8. The Morgan fingerprint density at radius 3 is 1.00 bits per heavy atom. The molecule has 8 saturated carbocycles. The van der Waals surface area contributed by atoms with Crippen molar-refractivity contribution in [1.82, 2.24) is 0 Å². The molecule has 4 bridgehead atoms. The van der Waals surface area contributed by atoms with Gasteiger partial charge in [-0.3, -0.25) is 0 Å². The SMILES string of the molecule is C1=CC2CCC1C2.C1=CC2CCCC2CC1.C1CC2CCC1C2.CC.CC.CC.CC.CC.CC.CC.CC.CC.CC1CC2CCCC2C1.CCC1C=CC2CCCC2C1.CCC1C=CC2CCCCC2C1. The molecule has 0 aromatic heterocycles. The molecule has 12 atom stereocenters. The molecule has 12 aliphatic rings. The summed E-state index contributed by atoms with van der Waals surface area (Å²) in [4.78, 5) is 0. The third kappa shape index (κ3) is 30.6. The van der Waals surface area contributed by atoms with Gasteiger partial charge in [-0.05, 0) is 204 Å². The molecule has 0 aliphatic heterocycles. The van der Waals surface area contributed by atoms with Gasteiger partial charge in [0, 0.05) is 0 Å².